The molecule has 2 nitrogen and oxygen atoms in total. The van der Waals surface area contributed by atoms with Gasteiger partial charge in [0.05, 0.1) is 0 Å². The Balaban J connectivity index is 2.37. The molecule has 1 N–H and O–H groups in total. The summed E-state index contributed by atoms with van der Waals surface area (Å²) in [6.07, 6.45) is 8.64. The first kappa shape index (κ1) is 11.0. The summed E-state index contributed by atoms with van der Waals surface area (Å²) in [5, 5.41) is 2.93. The van der Waals surface area contributed by atoms with Gasteiger partial charge in [-0.2, -0.15) is 0 Å². The normalized spacial score (nSPS) is 16.4. The molecule has 2 heteroatoms. The Kier molecular flexibility index (Phi) is 3.50. The third-order valence-corrected chi connectivity index (χ3v) is 2.21. The first-order chi connectivity index (χ1) is 6.50. The number of hydrogen-bond acceptors (Lipinski definition) is 1. The lowest BCUT2D eigenvalue weighted by atomic mass is 9.95. The molecule has 14 heavy (non-hydrogen) atoms. The zero-order valence-corrected chi connectivity index (χ0v) is 9.26. The summed E-state index contributed by atoms with van der Waals surface area (Å²) in [5.74, 6) is 0.109. The molecule has 1 rings (SSSR count). The fourth-order valence-corrected chi connectivity index (χ4v) is 1.25. The molecule has 0 radical (unpaired) electrons. The van der Waals surface area contributed by atoms with Crippen LogP contribution >= 0.6 is 0 Å². The SMILES string of the molecule is CC(C)(C)C(=O)NCC1=CCCC=C1. The first-order valence-electron chi connectivity index (χ1n) is 5.14. The minimum Gasteiger partial charge on any atom is -0.352 e. The Hall–Kier alpha value is -1.05. The van der Waals surface area contributed by atoms with Crippen molar-refractivity contribution in [2.24, 2.45) is 5.41 Å². The lowest BCUT2D eigenvalue weighted by Gasteiger charge is -2.18. The monoisotopic (exact) mass is 193 g/mol. The largest absolute Gasteiger partial charge is 0.352 e. The minimum atomic E-state index is -0.293. The van der Waals surface area contributed by atoms with E-state index in [1.165, 1.54) is 5.57 Å². The summed E-state index contributed by atoms with van der Waals surface area (Å²) in [7, 11) is 0. The number of hydrogen-bond donors (Lipinski definition) is 1. The van der Waals surface area contributed by atoms with Crippen LogP contribution in [0.1, 0.15) is 33.6 Å². The predicted octanol–water partition coefficient (Wildman–Crippen LogP) is 2.43. The molecular weight excluding hydrogens is 174 g/mol. The van der Waals surface area contributed by atoms with Gasteiger partial charge in [0.2, 0.25) is 5.91 Å². The zero-order valence-electron chi connectivity index (χ0n) is 9.26. The lowest BCUT2D eigenvalue weighted by Crippen LogP contribution is -2.35. The summed E-state index contributed by atoms with van der Waals surface area (Å²) < 4.78 is 0. The van der Waals surface area contributed by atoms with Gasteiger partial charge in [-0.05, 0) is 18.4 Å². The molecule has 0 heterocycles. The molecule has 0 fully saturated rings. The molecule has 0 unspecified atom stereocenters. The molecule has 0 saturated heterocycles. The van der Waals surface area contributed by atoms with E-state index in [1.54, 1.807) is 0 Å². The minimum absolute atomic E-state index is 0.109. The molecule has 78 valence electrons. The summed E-state index contributed by atoms with van der Waals surface area (Å²) in [4.78, 5) is 11.5. The van der Waals surface area contributed by atoms with Crippen molar-refractivity contribution < 1.29 is 4.79 Å². The van der Waals surface area contributed by atoms with Gasteiger partial charge in [0.1, 0.15) is 0 Å². The maximum absolute atomic E-state index is 11.5. The highest BCUT2D eigenvalue weighted by atomic mass is 16.2. The van der Waals surface area contributed by atoms with E-state index >= 15 is 0 Å². The van der Waals surface area contributed by atoms with E-state index in [2.05, 4.69) is 23.5 Å². The Labute approximate surface area is 86.1 Å². The molecule has 0 aromatic rings. The number of carbonyl (C=O) groups is 1. The van der Waals surface area contributed by atoms with Crippen LogP contribution in [-0.4, -0.2) is 12.5 Å². The van der Waals surface area contributed by atoms with Crippen molar-refractivity contribution in [1.29, 1.82) is 0 Å². The van der Waals surface area contributed by atoms with Crippen molar-refractivity contribution in [3.05, 3.63) is 23.8 Å². The standard InChI is InChI=1S/C12H19NO/c1-12(2,3)11(14)13-9-10-7-5-4-6-8-10/h5,7-8H,4,6,9H2,1-3H3,(H,13,14). The molecule has 0 saturated carbocycles. The molecule has 0 aromatic carbocycles. The average molecular weight is 193 g/mol. The average Bonchev–Trinajstić information content (AvgIpc) is 2.14. The van der Waals surface area contributed by atoms with Gasteiger partial charge in [-0.1, -0.05) is 39.0 Å². The van der Waals surface area contributed by atoms with Gasteiger partial charge < -0.3 is 5.32 Å². The Morgan fingerprint density at radius 1 is 1.43 bits per heavy atom. The van der Waals surface area contributed by atoms with Crippen molar-refractivity contribution in [3.8, 4) is 0 Å². The third kappa shape index (κ3) is 3.36. The van der Waals surface area contributed by atoms with Crippen LogP contribution in [0.3, 0.4) is 0 Å². The fraction of sp³-hybridized carbons (Fsp3) is 0.583. The number of carbonyl (C=O) groups excluding carboxylic acids is 1. The van der Waals surface area contributed by atoms with Gasteiger partial charge in [-0.25, -0.2) is 0 Å². The van der Waals surface area contributed by atoms with E-state index in [-0.39, 0.29) is 11.3 Å². The molecular formula is C12H19NO. The van der Waals surface area contributed by atoms with E-state index in [0.717, 1.165) is 12.8 Å². The number of nitrogens with one attached hydrogen (secondary N) is 1. The predicted molar refractivity (Wildman–Crippen MR) is 58.9 cm³/mol. The van der Waals surface area contributed by atoms with E-state index in [4.69, 9.17) is 0 Å². The third-order valence-electron chi connectivity index (χ3n) is 2.21. The van der Waals surface area contributed by atoms with E-state index in [1.807, 2.05) is 20.8 Å². The summed E-state index contributed by atoms with van der Waals surface area (Å²) in [6.45, 7) is 6.43. The molecule has 0 aliphatic heterocycles. The summed E-state index contributed by atoms with van der Waals surface area (Å²) in [6, 6.07) is 0. The Bertz CT molecular complexity index is 269. The van der Waals surface area contributed by atoms with Crippen molar-refractivity contribution in [2.45, 2.75) is 33.6 Å². The fourth-order valence-electron chi connectivity index (χ4n) is 1.25. The van der Waals surface area contributed by atoms with E-state index in [9.17, 15) is 4.79 Å². The molecule has 0 spiro atoms. The van der Waals surface area contributed by atoms with Gasteiger partial charge in [-0.15, -0.1) is 0 Å². The van der Waals surface area contributed by atoms with Crippen LogP contribution < -0.4 is 5.32 Å². The molecule has 1 aliphatic carbocycles. The van der Waals surface area contributed by atoms with Gasteiger partial charge in [-0.3, -0.25) is 4.79 Å². The second-order valence-corrected chi connectivity index (χ2v) is 4.69. The molecule has 0 bridgehead atoms. The van der Waals surface area contributed by atoms with Crippen LogP contribution in [0.15, 0.2) is 23.8 Å². The molecule has 0 atom stereocenters. The molecule has 1 amide bonds. The zero-order chi connectivity index (χ0) is 10.6. The van der Waals surface area contributed by atoms with Crippen LogP contribution in [0.4, 0.5) is 0 Å². The summed E-state index contributed by atoms with van der Waals surface area (Å²) in [5.41, 5.74) is 0.924. The van der Waals surface area contributed by atoms with E-state index in [0.29, 0.717) is 6.54 Å². The number of amides is 1. The van der Waals surface area contributed by atoms with Crippen LogP contribution in [0, 0.1) is 5.41 Å². The molecule has 0 aromatic heterocycles. The maximum Gasteiger partial charge on any atom is 0.225 e. The highest BCUT2D eigenvalue weighted by Crippen LogP contribution is 2.13. The second kappa shape index (κ2) is 4.45. The first-order valence-corrected chi connectivity index (χ1v) is 5.14. The lowest BCUT2D eigenvalue weighted by molar-refractivity contribution is -0.128. The molecule has 1 aliphatic rings. The van der Waals surface area contributed by atoms with Crippen molar-refractivity contribution >= 4 is 5.91 Å². The quantitative estimate of drug-likeness (QED) is 0.717. The second-order valence-electron chi connectivity index (χ2n) is 4.69. The van der Waals surface area contributed by atoms with Crippen molar-refractivity contribution in [1.82, 2.24) is 5.32 Å². The van der Waals surface area contributed by atoms with E-state index < -0.39 is 0 Å². The van der Waals surface area contributed by atoms with Crippen molar-refractivity contribution in [2.75, 3.05) is 6.54 Å². The Morgan fingerprint density at radius 2 is 2.14 bits per heavy atom. The highest BCUT2D eigenvalue weighted by Gasteiger charge is 2.20. The van der Waals surface area contributed by atoms with Gasteiger partial charge >= 0.3 is 0 Å². The van der Waals surface area contributed by atoms with Crippen LogP contribution in [-0.2, 0) is 4.79 Å². The van der Waals surface area contributed by atoms with Crippen molar-refractivity contribution in [3.63, 3.8) is 0 Å². The summed E-state index contributed by atoms with van der Waals surface area (Å²) >= 11 is 0. The Morgan fingerprint density at radius 3 is 2.64 bits per heavy atom. The topological polar surface area (TPSA) is 29.1 Å². The smallest absolute Gasteiger partial charge is 0.225 e. The maximum atomic E-state index is 11.5. The highest BCUT2D eigenvalue weighted by molar-refractivity contribution is 5.81. The van der Waals surface area contributed by atoms with Gasteiger partial charge in [0.15, 0.2) is 0 Å². The number of allylic oxidation sites excluding steroid dienone is 2. The van der Waals surface area contributed by atoms with Crippen LogP contribution in [0.25, 0.3) is 0 Å². The van der Waals surface area contributed by atoms with Gasteiger partial charge in [0.25, 0.3) is 0 Å². The van der Waals surface area contributed by atoms with Crippen LogP contribution in [0.5, 0.6) is 0 Å². The van der Waals surface area contributed by atoms with Crippen LogP contribution in [0.2, 0.25) is 0 Å². The van der Waals surface area contributed by atoms with Gasteiger partial charge in [0, 0.05) is 12.0 Å². The number of rotatable bonds is 2.